The number of hydrogen-bond donors (Lipinski definition) is 0. The fraction of sp³-hybridized carbons (Fsp3) is 0.250. The van der Waals surface area contributed by atoms with Gasteiger partial charge in [-0.1, -0.05) is 0 Å². The minimum absolute atomic E-state index is 0.387. The monoisotopic (exact) mass is 213 g/mol. The second-order valence-corrected chi connectivity index (χ2v) is 3.35. The summed E-state index contributed by atoms with van der Waals surface area (Å²) in [4.78, 5) is 15.5. The van der Waals surface area contributed by atoms with E-state index in [1.54, 1.807) is 0 Å². The normalized spacial score (nSPS) is 9.08. The highest BCUT2D eigenvalue weighted by atomic mass is 32.1. The molecule has 0 aliphatic rings. The molecular formula is C8H7NO2S2. The van der Waals surface area contributed by atoms with Gasteiger partial charge < -0.3 is 4.74 Å². The summed E-state index contributed by atoms with van der Waals surface area (Å²) in [5.41, 5.74) is 1.47. The molecular weight excluding hydrogens is 206 g/mol. The first kappa shape index (κ1) is 10.1. The molecule has 68 valence electrons. The molecule has 0 aliphatic carbocycles. The molecule has 1 aromatic heterocycles. The fourth-order valence-electron chi connectivity index (χ4n) is 0.860. The number of thiophene rings is 1. The zero-order chi connectivity index (χ0) is 9.84. The third kappa shape index (κ3) is 2.01. The van der Waals surface area contributed by atoms with E-state index in [9.17, 15) is 4.79 Å². The molecule has 0 fully saturated rings. The Labute approximate surface area is 85.1 Å². The van der Waals surface area contributed by atoms with Gasteiger partial charge >= 0.3 is 5.97 Å². The second kappa shape index (κ2) is 4.28. The molecule has 0 aromatic carbocycles. The summed E-state index contributed by atoms with van der Waals surface area (Å²) in [5, 5.41) is 4.07. The molecule has 0 spiro atoms. The fourth-order valence-corrected chi connectivity index (χ4v) is 1.86. The van der Waals surface area contributed by atoms with E-state index in [0.717, 1.165) is 5.56 Å². The van der Waals surface area contributed by atoms with E-state index in [1.165, 1.54) is 18.4 Å². The average Bonchev–Trinajstić information content (AvgIpc) is 2.48. The lowest BCUT2D eigenvalue weighted by molar-refractivity contribution is 0.0607. The molecule has 0 unspecified atom stereocenters. The van der Waals surface area contributed by atoms with E-state index in [0.29, 0.717) is 10.6 Å². The summed E-state index contributed by atoms with van der Waals surface area (Å²) in [6, 6.07) is 0. The average molecular weight is 213 g/mol. The molecule has 13 heavy (non-hydrogen) atoms. The van der Waals surface area contributed by atoms with Crippen molar-refractivity contribution in [3.63, 3.8) is 0 Å². The van der Waals surface area contributed by atoms with Gasteiger partial charge in [-0.05, 0) is 30.1 Å². The Morgan fingerprint density at radius 1 is 1.77 bits per heavy atom. The van der Waals surface area contributed by atoms with Crippen molar-refractivity contribution >= 4 is 40.4 Å². The summed E-state index contributed by atoms with van der Waals surface area (Å²) in [5.74, 6) is -0.387. The van der Waals surface area contributed by atoms with Crippen molar-refractivity contribution in [3.05, 3.63) is 15.8 Å². The Morgan fingerprint density at radius 3 is 3.00 bits per heavy atom. The highest BCUT2D eigenvalue weighted by molar-refractivity contribution is 7.78. The van der Waals surface area contributed by atoms with Gasteiger partial charge in [-0.2, -0.15) is 4.99 Å². The summed E-state index contributed by atoms with van der Waals surface area (Å²) in [7, 11) is 1.34. The third-order valence-electron chi connectivity index (χ3n) is 1.47. The van der Waals surface area contributed by atoms with E-state index in [-0.39, 0.29) is 5.97 Å². The van der Waals surface area contributed by atoms with Crippen LogP contribution in [0, 0.1) is 6.92 Å². The van der Waals surface area contributed by atoms with Crippen molar-refractivity contribution in [1.82, 2.24) is 0 Å². The quantitative estimate of drug-likeness (QED) is 0.430. The van der Waals surface area contributed by atoms with Crippen LogP contribution in [0.3, 0.4) is 0 Å². The number of carbonyl (C=O) groups excluding carboxylic acids is 1. The first-order valence-electron chi connectivity index (χ1n) is 3.45. The van der Waals surface area contributed by atoms with Crippen molar-refractivity contribution in [3.8, 4) is 0 Å². The van der Waals surface area contributed by atoms with Crippen LogP contribution >= 0.6 is 23.6 Å². The zero-order valence-corrected chi connectivity index (χ0v) is 8.79. The molecule has 1 heterocycles. The SMILES string of the molecule is COC(=O)c1scc(C)c1N=C=S. The molecule has 0 aliphatic heterocycles. The summed E-state index contributed by atoms with van der Waals surface area (Å²) < 4.78 is 4.59. The van der Waals surface area contributed by atoms with Crippen molar-refractivity contribution in [2.45, 2.75) is 6.92 Å². The van der Waals surface area contributed by atoms with Gasteiger partial charge in [0.1, 0.15) is 10.6 Å². The van der Waals surface area contributed by atoms with E-state index in [2.05, 4.69) is 27.1 Å². The van der Waals surface area contributed by atoms with Crippen molar-refractivity contribution in [2.75, 3.05) is 7.11 Å². The minimum Gasteiger partial charge on any atom is -0.465 e. The maximum Gasteiger partial charge on any atom is 0.350 e. The van der Waals surface area contributed by atoms with Crippen LogP contribution in [0.5, 0.6) is 0 Å². The Morgan fingerprint density at radius 2 is 2.46 bits per heavy atom. The number of ether oxygens (including phenoxy) is 1. The van der Waals surface area contributed by atoms with Gasteiger partial charge in [0, 0.05) is 0 Å². The lowest BCUT2D eigenvalue weighted by Gasteiger charge is -1.95. The number of isothiocyanates is 1. The number of methoxy groups -OCH3 is 1. The van der Waals surface area contributed by atoms with Gasteiger partial charge in [0.15, 0.2) is 0 Å². The highest BCUT2D eigenvalue weighted by Crippen LogP contribution is 2.30. The first-order chi connectivity index (χ1) is 6.20. The number of rotatable bonds is 2. The van der Waals surface area contributed by atoms with Crippen LogP contribution in [-0.4, -0.2) is 18.2 Å². The Bertz CT molecular complexity index is 377. The number of aryl methyl sites for hydroxylation is 1. The maximum atomic E-state index is 11.2. The number of aliphatic imine (C=N–C) groups is 1. The number of esters is 1. The molecule has 5 heteroatoms. The molecule has 0 amide bonds. The van der Waals surface area contributed by atoms with Crippen LogP contribution in [0.1, 0.15) is 15.2 Å². The number of hydrogen-bond acceptors (Lipinski definition) is 5. The predicted molar refractivity (Wildman–Crippen MR) is 55.1 cm³/mol. The lowest BCUT2D eigenvalue weighted by Crippen LogP contribution is -1.97. The third-order valence-corrected chi connectivity index (χ3v) is 2.63. The highest BCUT2D eigenvalue weighted by Gasteiger charge is 2.15. The van der Waals surface area contributed by atoms with E-state index < -0.39 is 0 Å². The van der Waals surface area contributed by atoms with E-state index in [4.69, 9.17) is 0 Å². The van der Waals surface area contributed by atoms with Gasteiger partial charge in [-0.15, -0.1) is 11.3 Å². The minimum atomic E-state index is -0.387. The van der Waals surface area contributed by atoms with Gasteiger partial charge in [-0.25, -0.2) is 4.79 Å². The van der Waals surface area contributed by atoms with Crippen molar-refractivity contribution < 1.29 is 9.53 Å². The van der Waals surface area contributed by atoms with E-state index in [1.807, 2.05) is 12.3 Å². The van der Waals surface area contributed by atoms with Crippen LogP contribution in [0.4, 0.5) is 5.69 Å². The van der Waals surface area contributed by atoms with Crippen LogP contribution in [0.25, 0.3) is 0 Å². The molecule has 0 bridgehead atoms. The Hall–Kier alpha value is -1.03. The summed E-state index contributed by atoms with van der Waals surface area (Å²) >= 11 is 5.77. The Kier molecular flexibility index (Phi) is 3.31. The standard InChI is InChI=1S/C8H7NO2S2/c1-5-3-13-7(8(10)11-2)6(5)9-4-12/h3H,1-2H3. The van der Waals surface area contributed by atoms with Gasteiger partial charge in [0.25, 0.3) is 0 Å². The number of carbonyl (C=O) groups is 1. The molecule has 1 rings (SSSR count). The zero-order valence-electron chi connectivity index (χ0n) is 7.16. The Balaban J connectivity index is 3.21. The molecule has 0 saturated heterocycles. The largest absolute Gasteiger partial charge is 0.465 e. The smallest absolute Gasteiger partial charge is 0.350 e. The first-order valence-corrected chi connectivity index (χ1v) is 4.73. The van der Waals surface area contributed by atoms with Gasteiger partial charge in [0.05, 0.1) is 12.3 Å². The van der Waals surface area contributed by atoms with Crippen molar-refractivity contribution in [2.24, 2.45) is 4.99 Å². The molecule has 0 atom stereocenters. The topological polar surface area (TPSA) is 38.7 Å². The molecule has 1 aromatic rings. The van der Waals surface area contributed by atoms with E-state index >= 15 is 0 Å². The van der Waals surface area contributed by atoms with Crippen LogP contribution in [-0.2, 0) is 4.74 Å². The second-order valence-electron chi connectivity index (χ2n) is 2.29. The number of nitrogens with zero attached hydrogens (tertiary/aromatic N) is 1. The molecule has 0 radical (unpaired) electrons. The number of thiocarbonyl (C=S) groups is 1. The summed E-state index contributed by atoms with van der Waals surface area (Å²) in [6.45, 7) is 1.86. The maximum absolute atomic E-state index is 11.2. The van der Waals surface area contributed by atoms with Crippen molar-refractivity contribution in [1.29, 1.82) is 0 Å². The predicted octanol–water partition coefficient (Wildman–Crippen LogP) is 2.58. The molecule has 0 saturated carbocycles. The van der Waals surface area contributed by atoms with Gasteiger partial charge in [-0.3, -0.25) is 0 Å². The molecule has 0 N–H and O–H groups in total. The van der Waals surface area contributed by atoms with Crippen LogP contribution < -0.4 is 0 Å². The molecule has 3 nitrogen and oxygen atoms in total. The van der Waals surface area contributed by atoms with Crippen LogP contribution in [0.15, 0.2) is 10.4 Å². The van der Waals surface area contributed by atoms with Crippen LogP contribution in [0.2, 0.25) is 0 Å². The summed E-state index contributed by atoms with van der Waals surface area (Å²) in [6.07, 6.45) is 0. The van der Waals surface area contributed by atoms with Gasteiger partial charge in [0.2, 0.25) is 0 Å². The lowest BCUT2D eigenvalue weighted by atomic mass is 10.3.